The molecule has 0 spiro atoms. The number of nitrogens with two attached hydrogens (primary N) is 2. The van der Waals surface area contributed by atoms with E-state index in [0.717, 1.165) is 5.56 Å². The summed E-state index contributed by atoms with van der Waals surface area (Å²) in [7, 11) is 0. The Hall–Kier alpha value is -0.980. The van der Waals surface area contributed by atoms with Crippen LogP contribution in [0.3, 0.4) is 0 Å². The van der Waals surface area contributed by atoms with Crippen molar-refractivity contribution in [1.82, 2.24) is 0 Å². The second kappa shape index (κ2) is 5.77. The molecule has 5 heteroatoms. The SMILES string of the molecule is NC1CC(N)C(OCc2ccccc2)C(O)C1O. The van der Waals surface area contributed by atoms with Gasteiger partial charge in [-0.15, -0.1) is 0 Å². The molecular weight excluding hydrogens is 232 g/mol. The molecule has 0 radical (unpaired) electrons. The highest BCUT2D eigenvalue weighted by atomic mass is 16.5. The minimum Gasteiger partial charge on any atom is -0.389 e. The molecule has 0 aromatic heterocycles. The number of aliphatic hydroxyl groups excluding tert-OH is 2. The molecule has 1 fully saturated rings. The van der Waals surface area contributed by atoms with E-state index in [-0.39, 0.29) is 6.04 Å². The molecule has 0 amide bonds. The van der Waals surface area contributed by atoms with Gasteiger partial charge < -0.3 is 26.4 Å². The molecule has 2 rings (SSSR count). The van der Waals surface area contributed by atoms with Crippen LogP contribution in [0.1, 0.15) is 12.0 Å². The number of rotatable bonds is 3. The maximum absolute atomic E-state index is 9.92. The molecule has 0 aliphatic heterocycles. The van der Waals surface area contributed by atoms with E-state index < -0.39 is 24.4 Å². The fourth-order valence-corrected chi connectivity index (χ4v) is 2.28. The van der Waals surface area contributed by atoms with Gasteiger partial charge >= 0.3 is 0 Å². The average Bonchev–Trinajstić information content (AvgIpc) is 2.37. The first kappa shape index (κ1) is 13.5. The topological polar surface area (TPSA) is 102 Å². The Kier molecular flexibility index (Phi) is 4.31. The van der Waals surface area contributed by atoms with Gasteiger partial charge in [0.15, 0.2) is 0 Å². The molecule has 1 saturated carbocycles. The summed E-state index contributed by atoms with van der Waals surface area (Å²) in [4.78, 5) is 0. The van der Waals surface area contributed by atoms with E-state index in [1.807, 2.05) is 30.3 Å². The summed E-state index contributed by atoms with van der Waals surface area (Å²) < 4.78 is 5.62. The van der Waals surface area contributed by atoms with E-state index in [2.05, 4.69) is 0 Å². The summed E-state index contributed by atoms with van der Waals surface area (Å²) >= 11 is 0. The normalized spacial score (nSPS) is 36.6. The Morgan fingerprint density at radius 3 is 2.39 bits per heavy atom. The molecule has 5 nitrogen and oxygen atoms in total. The van der Waals surface area contributed by atoms with Crippen LogP contribution in [0.15, 0.2) is 30.3 Å². The van der Waals surface area contributed by atoms with Crippen LogP contribution in [0, 0.1) is 0 Å². The third-order valence-electron chi connectivity index (χ3n) is 3.38. The summed E-state index contributed by atoms with van der Waals surface area (Å²) in [6, 6.07) is 8.77. The lowest BCUT2D eigenvalue weighted by Gasteiger charge is -2.39. The predicted octanol–water partition coefficient (Wildman–Crippen LogP) is -0.648. The van der Waals surface area contributed by atoms with Gasteiger partial charge in [-0.2, -0.15) is 0 Å². The number of aliphatic hydroxyl groups is 2. The van der Waals surface area contributed by atoms with E-state index >= 15 is 0 Å². The second-order valence-electron chi connectivity index (χ2n) is 4.81. The van der Waals surface area contributed by atoms with E-state index in [4.69, 9.17) is 16.2 Å². The van der Waals surface area contributed by atoms with E-state index in [1.54, 1.807) is 0 Å². The summed E-state index contributed by atoms with van der Waals surface area (Å²) in [5, 5.41) is 19.6. The Morgan fingerprint density at radius 2 is 1.72 bits per heavy atom. The Morgan fingerprint density at radius 1 is 1.06 bits per heavy atom. The molecule has 1 aliphatic rings. The van der Waals surface area contributed by atoms with Gasteiger partial charge in [-0.1, -0.05) is 30.3 Å². The number of benzene rings is 1. The average molecular weight is 252 g/mol. The van der Waals surface area contributed by atoms with E-state index in [0.29, 0.717) is 13.0 Å². The second-order valence-corrected chi connectivity index (χ2v) is 4.81. The van der Waals surface area contributed by atoms with Crippen molar-refractivity contribution in [3.63, 3.8) is 0 Å². The first-order valence-corrected chi connectivity index (χ1v) is 6.12. The smallest absolute Gasteiger partial charge is 0.109 e. The van der Waals surface area contributed by atoms with Crippen LogP contribution in [-0.2, 0) is 11.3 Å². The van der Waals surface area contributed by atoms with Gasteiger partial charge in [-0.05, 0) is 12.0 Å². The molecule has 18 heavy (non-hydrogen) atoms. The summed E-state index contributed by atoms with van der Waals surface area (Å²) in [5.74, 6) is 0. The van der Waals surface area contributed by atoms with Crippen molar-refractivity contribution in [2.24, 2.45) is 11.5 Å². The minimum absolute atomic E-state index is 0.359. The van der Waals surface area contributed by atoms with Crippen molar-refractivity contribution in [3.05, 3.63) is 35.9 Å². The largest absolute Gasteiger partial charge is 0.389 e. The molecule has 1 aromatic carbocycles. The van der Waals surface area contributed by atoms with E-state index in [1.165, 1.54) is 0 Å². The maximum Gasteiger partial charge on any atom is 0.109 e. The lowest BCUT2D eigenvalue weighted by Crippen LogP contribution is -2.61. The highest BCUT2D eigenvalue weighted by molar-refractivity contribution is 5.13. The van der Waals surface area contributed by atoms with Crippen LogP contribution in [0.25, 0.3) is 0 Å². The molecule has 0 saturated heterocycles. The van der Waals surface area contributed by atoms with Crippen molar-refractivity contribution in [1.29, 1.82) is 0 Å². The standard InChI is InChI=1S/C13H20N2O3/c14-9-6-10(15)13(12(17)11(9)16)18-7-8-4-2-1-3-5-8/h1-5,9-13,16-17H,6-7,14-15H2. The summed E-state index contributed by atoms with van der Waals surface area (Å²) in [5.41, 5.74) is 12.6. The lowest BCUT2D eigenvalue weighted by molar-refractivity contribution is -0.131. The van der Waals surface area contributed by atoms with Crippen LogP contribution in [-0.4, -0.2) is 40.6 Å². The van der Waals surface area contributed by atoms with Crippen LogP contribution in [0.2, 0.25) is 0 Å². The van der Waals surface area contributed by atoms with Gasteiger partial charge in [0, 0.05) is 12.1 Å². The van der Waals surface area contributed by atoms with Crippen molar-refractivity contribution in [2.75, 3.05) is 0 Å². The van der Waals surface area contributed by atoms with Gasteiger partial charge in [-0.25, -0.2) is 0 Å². The van der Waals surface area contributed by atoms with Crippen LogP contribution in [0.4, 0.5) is 0 Å². The molecule has 5 unspecified atom stereocenters. The zero-order valence-corrected chi connectivity index (χ0v) is 10.1. The fourth-order valence-electron chi connectivity index (χ4n) is 2.28. The fraction of sp³-hybridized carbons (Fsp3) is 0.538. The minimum atomic E-state index is -1.03. The van der Waals surface area contributed by atoms with Gasteiger partial charge in [0.2, 0.25) is 0 Å². The zero-order chi connectivity index (χ0) is 13.1. The molecule has 100 valence electrons. The van der Waals surface area contributed by atoms with Gasteiger partial charge in [-0.3, -0.25) is 0 Å². The number of hydrogen-bond donors (Lipinski definition) is 4. The third-order valence-corrected chi connectivity index (χ3v) is 3.38. The quantitative estimate of drug-likeness (QED) is 0.573. The van der Waals surface area contributed by atoms with Gasteiger partial charge in [0.05, 0.1) is 12.7 Å². The lowest BCUT2D eigenvalue weighted by atomic mass is 9.85. The van der Waals surface area contributed by atoms with Crippen LogP contribution >= 0.6 is 0 Å². The monoisotopic (exact) mass is 252 g/mol. The first-order chi connectivity index (χ1) is 8.59. The molecule has 1 aromatic rings. The highest BCUT2D eigenvalue weighted by Crippen LogP contribution is 2.21. The third kappa shape index (κ3) is 2.88. The highest BCUT2D eigenvalue weighted by Gasteiger charge is 2.41. The number of hydrogen-bond acceptors (Lipinski definition) is 5. The maximum atomic E-state index is 9.92. The van der Waals surface area contributed by atoms with Crippen molar-refractivity contribution in [2.45, 2.75) is 43.4 Å². The molecule has 6 N–H and O–H groups in total. The van der Waals surface area contributed by atoms with Gasteiger partial charge in [0.25, 0.3) is 0 Å². The number of ether oxygens (including phenoxy) is 1. The molecule has 0 heterocycles. The van der Waals surface area contributed by atoms with Crippen molar-refractivity contribution >= 4 is 0 Å². The molecule has 1 aliphatic carbocycles. The predicted molar refractivity (Wildman–Crippen MR) is 67.6 cm³/mol. The van der Waals surface area contributed by atoms with Crippen molar-refractivity contribution in [3.8, 4) is 0 Å². The van der Waals surface area contributed by atoms with Crippen LogP contribution in [0.5, 0.6) is 0 Å². The first-order valence-electron chi connectivity index (χ1n) is 6.12. The Balaban J connectivity index is 1.96. The molecule has 5 atom stereocenters. The molecular formula is C13H20N2O3. The Bertz CT molecular complexity index is 374. The van der Waals surface area contributed by atoms with Crippen LogP contribution < -0.4 is 11.5 Å². The Labute approximate surface area is 106 Å². The van der Waals surface area contributed by atoms with E-state index in [9.17, 15) is 10.2 Å². The van der Waals surface area contributed by atoms with Gasteiger partial charge in [0.1, 0.15) is 12.2 Å². The summed E-state index contributed by atoms with van der Waals surface area (Å²) in [6.45, 7) is 0.359. The van der Waals surface area contributed by atoms with Crippen molar-refractivity contribution < 1.29 is 14.9 Å². The molecule has 0 bridgehead atoms. The zero-order valence-electron chi connectivity index (χ0n) is 10.1. The summed E-state index contributed by atoms with van der Waals surface area (Å²) in [6.07, 6.45) is -2.16.